The summed E-state index contributed by atoms with van der Waals surface area (Å²) in [5.41, 5.74) is 1.10. The molecular weight excluding hydrogens is 416 g/mol. The third kappa shape index (κ3) is 4.82. The van der Waals surface area contributed by atoms with Gasteiger partial charge in [-0.3, -0.25) is 4.79 Å². The van der Waals surface area contributed by atoms with Gasteiger partial charge in [0.05, 0.1) is 18.6 Å². The molecule has 0 atom stereocenters. The molecule has 6 nitrogen and oxygen atoms in total. The number of rotatable bonds is 7. The van der Waals surface area contributed by atoms with Crippen molar-refractivity contribution in [2.24, 2.45) is 5.92 Å². The van der Waals surface area contributed by atoms with Gasteiger partial charge in [-0.1, -0.05) is 38.1 Å². The number of nitrogens with one attached hydrogen (secondary N) is 1. The Balaban J connectivity index is 2.03. The molecule has 8 heteroatoms. The van der Waals surface area contributed by atoms with Crippen molar-refractivity contribution in [3.8, 4) is 17.8 Å². The minimum atomic E-state index is -3.10. The number of hydrogen-bond acceptors (Lipinski definition) is 5. The lowest BCUT2D eigenvalue weighted by molar-refractivity contribution is -0.123. The number of halogens is 2. The molecule has 1 aliphatic rings. The molecule has 2 aromatic rings. The van der Waals surface area contributed by atoms with E-state index in [-0.39, 0.29) is 29.3 Å². The topological polar surface area (TPSA) is 84.2 Å². The van der Waals surface area contributed by atoms with Crippen LogP contribution in [-0.4, -0.2) is 24.6 Å². The quantitative estimate of drug-likeness (QED) is 0.619. The summed E-state index contributed by atoms with van der Waals surface area (Å²) in [6.45, 7) is 1.02. The van der Waals surface area contributed by atoms with Crippen molar-refractivity contribution in [1.82, 2.24) is 4.98 Å². The molecule has 1 heterocycles. The summed E-state index contributed by atoms with van der Waals surface area (Å²) in [6, 6.07) is 13.0. The Labute approximate surface area is 186 Å². The number of carbonyl (C=O) groups excluding carboxylic acids is 1. The average molecular weight is 443 g/mol. The first-order valence-corrected chi connectivity index (χ1v) is 10.6. The molecule has 1 saturated carbocycles. The van der Waals surface area contributed by atoms with Crippen LogP contribution in [0.15, 0.2) is 36.4 Å². The fourth-order valence-electron chi connectivity index (χ4n) is 4.34. The summed E-state index contributed by atoms with van der Waals surface area (Å²) in [7, 11) is 1.36. The van der Waals surface area contributed by atoms with Crippen LogP contribution in [0.1, 0.15) is 56.6 Å². The van der Waals surface area contributed by atoms with E-state index in [1.807, 2.05) is 24.3 Å². The molecule has 0 spiro atoms. The number of amides is 1. The van der Waals surface area contributed by atoms with Gasteiger partial charge >= 0.3 is 6.61 Å². The number of carbonyl (C=O) groups is 1. The lowest BCUT2D eigenvalue weighted by Gasteiger charge is -2.39. The van der Waals surface area contributed by atoms with Gasteiger partial charge in [-0.2, -0.15) is 19.0 Å². The largest absolute Gasteiger partial charge is 0.481 e. The average Bonchev–Trinajstić information content (AvgIpc) is 2.79. The Kier molecular flexibility index (Phi) is 7.29. The number of nitriles is 1. The van der Waals surface area contributed by atoms with Crippen LogP contribution in [0, 0.1) is 17.2 Å². The van der Waals surface area contributed by atoms with E-state index in [1.54, 1.807) is 0 Å². The van der Waals surface area contributed by atoms with Gasteiger partial charge in [0.25, 0.3) is 0 Å². The zero-order chi connectivity index (χ0) is 23.3. The molecule has 0 bridgehead atoms. The van der Waals surface area contributed by atoms with E-state index in [9.17, 15) is 18.8 Å². The van der Waals surface area contributed by atoms with E-state index >= 15 is 0 Å². The van der Waals surface area contributed by atoms with Crippen LogP contribution in [0.4, 0.5) is 14.5 Å². The van der Waals surface area contributed by atoms with Crippen molar-refractivity contribution in [1.29, 1.82) is 5.26 Å². The second-order valence-corrected chi connectivity index (χ2v) is 8.27. The van der Waals surface area contributed by atoms with Gasteiger partial charge in [0.15, 0.2) is 0 Å². The zero-order valence-electron chi connectivity index (χ0n) is 18.4. The Hall–Kier alpha value is -3.21. The third-order valence-electron chi connectivity index (χ3n) is 6.05. The highest BCUT2D eigenvalue weighted by Gasteiger charge is 2.45. The molecule has 1 amide bonds. The molecule has 0 radical (unpaired) electrons. The van der Waals surface area contributed by atoms with Crippen molar-refractivity contribution in [3.05, 3.63) is 47.5 Å². The fourth-order valence-corrected chi connectivity index (χ4v) is 4.34. The van der Waals surface area contributed by atoms with Crippen LogP contribution in [0.3, 0.4) is 0 Å². The van der Waals surface area contributed by atoms with Crippen LogP contribution < -0.4 is 14.8 Å². The molecule has 3 rings (SSSR count). The van der Waals surface area contributed by atoms with Crippen molar-refractivity contribution < 1.29 is 23.0 Å². The number of alkyl halides is 2. The zero-order valence-corrected chi connectivity index (χ0v) is 18.4. The minimum Gasteiger partial charge on any atom is -0.481 e. The predicted molar refractivity (Wildman–Crippen MR) is 116 cm³/mol. The fraction of sp³-hybridized carbons (Fsp3) is 0.458. The molecule has 0 saturated heterocycles. The lowest BCUT2D eigenvalue weighted by atomic mass is 9.64. The van der Waals surface area contributed by atoms with Gasteiger partial charge in [0, 0.05) is 12.0 Å². The Morgan fingerprint density at radius 2 is 1.91 bits per heavy atom. The molecule has 1 aromatic heterocycles. The lowest BCUT2D eigenvalue weighted by Crippen LogP contribution is -2.44. The van der Waals surface area contributed by atoms with Crippen LogP contribution in [0.25, 0.3) is 0 Å². The third-order valence-corrected chi connectivity index (χ3v) is 6.05. The van der Waals surface area contributed by atoms with E-state index in [0.717, 1.165) is 11.1 Å². The number of anilines is 1. The SMILES string of the molecule is COc1ccc(NC(=O)C2(c3ccccc3C(C)C)CCC(C#N)CC2)c(OC(F)F)n1. The van der Waals surface area contributed by atoms with Crippen molar-refractivity contribution in [2.45, 2.75) is 57.5 Å². The maximum atomic E-state index is 13.8. The molecule has 170 valence electrons. The smallest absolute Gasteiger partial charge is 0.388 e. The van der Waals surface area contributed by atoms with Gasteiger partial charge in [-0.05, 0) is 48.8 Å². The summed E-state index contributed by atoms with van der Waals surface area (Å²) in [6.07, 6.45) is 2.13. The Bertz CT molecular complexity index is 996. The summed E-state index contributed by atoms with van der Waals surface area (Å²) in [5, 5.41) is 12.1. The van der Waals surface area contributed by atoms with Gasteiger partial charge in [0.2, 0.25) is 17.7 Å². The van der Waals surface area contributed by atoms with Crippen LogP contribution in [0.2, 0.25) is 0 Å². The van der Waals surface area contributed by atoms with Gasteiger partial charge in [-0.25, -0.2) is 0 Å². The molecule has 1 aromatic carbocycles. The first kappa shape index (κ1) is 23.5. The van der Waals surface area contributed by atoms with Crippen molar-refractivity contribution >= 4 is 11.6 Å². The number of nitrogens with zero attached hydrogens (tertiary/aromatic N) is 2. The molecule has 1 aliphatic carbocycles. The number of aromatic nitrogens is 1. The van der Waals surface area contributed by atoms with E-state index in [2.05, 4.69) is 35.0 Å². The monoisotopic (exact) mass is 443 g/mol. The minimum absolute atomic E-state index is 0.0416. The van der Waals surface area contributed by atoms with Crippen LogP contribution in [-0.2, 0) is 10.2 Å². The summed E-state index contributed by atoms with van der Waals surface area (Å²) < 4.78 is 35.4. The molecule has 1 fully saturated rings. The maximum absolute atomic E-state index is 13.8. The molecule has 0 aliphatic heterocycles. The first-order chi connectivity index (χ1) is 15.3. The predicted octanol–water partition coefficient (Wildman–Crippen LogP) is 5.41. The number of hydrogen-bond donors (Lipinski definition) is 1. The van der Waals surface area contributed by atoms with Gasteiger partial charge in [0.1, 0.15) is 5.69 Å². The Morgan fingerprint density at radius 1 is 1.22 bits per heavy atom. The highest BCUT2D eigenvalue weighted by Crippen LogP contribution is 2.45. The van der Waals surface area contributed by atoms with E-state index in [0.29, 0.717) is 25.7 Å². The van der Waals surface area contributed by atoms with Crippen molar-refractivity contribution in [3.63, 3.8) is 0 Å². The summed E-state index contributed by atoms with van der Waals surface area (Å²) in [5.74, 6) is -0.570. The van der Waals surface area contributed by atoms with E-state index < -0.39 is 17.9 Å². The highest BCUT2D eigenvalue weighted by molar-refractivity contribution is 6.00. The van der Waals surface area contributed by atoms with Crippen LogP contribution in [0.5, 0.6) is 11.8 Å². The summed E-state index contributed by atoms with van der Waals surface area (Å²) in [4.78, 5) is 17.7. The number of benzene rings is 1. The molecule has 32 heavy (non-hydrogen) atoms. The summed E-state index contributed by atoms with van der Waals surface area (Å²) >= 11 is 0. The second-order valence-electron chi connectivity index (χ2n) is 8.27. The molecule has 1 N–H and O–H groups in total. The second kappa shape index (κ2) is 9.94. The Morgan fingerprint density at radius 3 is 2.50 bits per heavy atom. The maximum Gasteiger partial charge on any atom is 0.388 e. The standard InChI is InChI=1S/C24H27F2N3O3/c1-15(2)17-6-4-5-7-18(17)24(12-10-16(14-27)11-13-24)22(30)28-19-8-9-20(31-3)29-21(19)32-23(25)26/h4-9,15-16,23H,10-13H2,1-3H3,(H,28,30). The molecular formula is C24H27F2N3O3. The number of ether oxygens (including phenoxy) is 2. The van der Waals surface area contributed by atoms with Crippen molar-refractivity contribution in [2.75, 3.05) is 12.4 Å². The normalized spacial score (nSPS) is 20.6. The first-order valence-electron chi connectivity index (χ1n) is 10.6. The van der Waals surface area contributed by atoms with Gasteiger partial charge < -0.3 is 14.8 Å². The van der Waals surface area contributed by atoms with E-state index in [4.69, 9.17) is 4.74 Å². The number of methoxy groups -OCH3 is 1. The molecule has 0 unspecified atom stereocenters. The van der Waals surface area contributed by atoms with E-state index in [1.165, 1.54) is 19.2 Å². The van der Waals surface area contributed by atoms with Crippen LogP contribution >= 0.6 is 0 Å². The van der Waals surface area contributed by atoms with Gasteiger partial charge in [-0.15, -0.1) is 0 Å². The highest BCUT2D eigenvalue weighted by atomic mass is 19.3. The number of pyridine rings is 1.